The number of hydrogen-bond acceptors (Lipinski definition) is 2. The van der Waals surface area contributed by atoms with Crippen LogP contribution in [0.25, 0.3) is 0 Å². The molecule has 0 aliphatic rings. The second-order valence-corrected chi connectivity index (χ2v) is 3.70. The van der Waals surface area contributed by atoms with Crippen molar-refractivity contribution in [2.45, 2.75) is 19.8 Å². The van der Waals surface area contributed by atoms with Crippen LogP contribution in [0.5, 0.6) is 0 Å². The Balaban J connectivity index is 3.30. The fourth-order valence-electron chi connectivity index (χ4n) is 0.471. The van der Waals surface area contributed by atoms with Gasteiger partial charge in [0, 0.05) is 0 Å². The first kappa shape index (κ1) is 9.16. The van der Waals surface area contributed by atoms with Gasteiger partial charge in [-0.3, -0.25) is 0 Å². The van der Waals surface area contributed by atoms with E-state index >= 15 is 0 Å². The van der Waals surface area contributed by atoms with Crippen LogP contribution in [0.1, 0.15) is 19.8 Å². The molecule has 0 rings (SSSR count). The molecule has 0 amide bonds. The van der Waals surface area contributed by atoms with Crippen molar-refractivity contribution in [2.24, 2.45) is 0 Å². The summed E-state index contributed by atoms with van der Waals surface area (Å²) in [7, 11) is -0.923. The Kier molecular flexibility index (Phi) is 6.39. The van der Waals surface area contributed by atoms with Crippen molar-refractivity contribution in [3.8, 4) is 0 Å². The van der Waals surface area contributed by atoms with Crippen LogP contribution in [0, 0.1) is 0 Å². The third-order valence-electron chi connectivity index (χ3n) is 1.04. The van der Waals surface area contributed by atoms with Crippen molar-refractivity contribution < 1.29 is 9.41 Å². The second kappa shape index (κ2) is 6.28. The molecule has 0 atom stereocenters. The SMILES string of the molecule is CCCCP(B=O)B=O. The fraction of sp³-hybridized carbons (Fsp3) is 1.00. The van der Waals surface area contributed by atoms with Crippen LogP contribution in [0.15, 0.2) is 0 Å². The van der Waals surface area contributed by atoms with Gasteiger partial charge >= 0.3 is 56.8 Å². The van der Waals surface area contributed by atoms with Crippen molar-refractivity contribution in [3.05, 3.63) is 0 Å². The van der Waals surface area contributed by atoms with E-state index in [2.05, 4.69) is 0 Å². The molecule has 5 heteroatoms. The maximum atomic E-state index is 10.0. The molecule has 0 aliphatic heterocycles. The van der Waals surface area contributed by atoms with E-state index in [0.717, 1.165) is 32.7 Å². The van der Waals surface area contributed by atoms with E-state index in [1.807, 2.05) is 6.92 Å². The van der Waals surface area contributed by atoms with Crippen LogP contribution in [0.2, 0.25) is 0 Å². The van der Waals surface area contributed by atoms with Crippen molar-refractivity contribution in [3.63, 3.8) is 0 Å². The molecular formula is C4H9B2O2P. The molecule has 0 heterocycles. The van der Waals surface area contributed by atoms with Crippen molar-refractivity contribution in [1.29, 1.82) is 0 Å². The summed E-state index contributed by atoms with van der Waals surface area (Å²) in [5.41, 5.74) is 0. The van der Waals surface area contributed by atoms with Crippen LogP contribution in [0.3, 0.4) is 0 Å². The van der Waals surface area contributed by atoms with Crippen LogP contribution in [0.4, 0.5) is 0 Å². The average molecular weight is 142 g/mol. The van der Waals surface area contributed by atoms with Gasteiger partial charge in [0.15, 0.2) is 0 Å². The zero-order chi connectivity index (χ0) is 7.11. The van der Waals surface area contributed by atoms with Gasteiger partial charge in [0.2, 0.25) is 0 Å². The van der Waals surface area contributed by atoms with Crippen molar-refractivity contribution >= 4 is 21.4 Å². The minimum absolute atomic E-state index is 0.776. The van der Waals surface area contributed by atoms with Gasteiger partial charge in [0.25, 0.3) is 0 Å². The molecule has 0 radical (unpaired) electrons. The molecule has 0 aromatic carbocycles. The molecular weight excluding hydrogens is 133 g/mol. The van der Waals surface area contributed by atoms with Gasteiger partial charge < -0.3 is 0 Å². The first-order valence-corrected chi connectivity index (χ1v) is 4.68. The van der Waals surface area contributed by atoms with Gasteiger partial charge in [-0.2, -0.15) is 0 Å². The van der Waals surface area contributed by atoms with Gasteiger partial charge in [-0.1, -0.05) is 0 Å². The van der Waals surface area contributed by atoms with Gasteiger partial charge in [0.05, 0.1) is 0 Å². The van der Waals surface area contributed by atoms with Gasteiger partial charge in [-0.25, -0.2) is 0 Å². The second-order valence-electron chi connectivity index (χ2n) is 1.80. The molecule has 0 saturated heterocycles. The number of unbranched alkanes of at least 4 members (excludes halogenated alkanes) is 1. The Bertz CT molecular complexity index is 90.6. The first-order chi connectivity index (χ1) is 4.35. The summed E-state index contributed by atoms with van der Waals surface area (Å²) in [4.78, 5) is 0. The molecule has 0 aromatic rings. The predicted molar refractivity (Wildman–Crippen MR) is 39.6 cm³/mol. The Hall–Kier alpha value is 0.160. The van der Waals surface area contributed by atoms with E-state index in [-0.39, 0.29) is 0 Å². The van der Waals surface area contributed by atoms with Gasteiger partial charge in [-0.15, -0.1) is 0 Å². The van der Waals surface area contributed by atoms with E-state index in [4.69, 9.17) is 0 Å². The van der Waals surface area contributed by atoms with E-state index in [1.165, 1.54) is 0 Å². The van der Waals surface area contributed by atoms with Crippen molar-refractivity contribution in [2.75, 3.05) is 6.16 Å². The summed E-state index contributed by atoms with van der Waals surface area (Å²) in [5.74, 6) is 0. The zero-order valence-electron chi connectivity index (χ0n) is 5.54. The summed E-state index contributed by atoms with van der Waals surface area (Å²) in [6, 6.07) is 0. The standard InChI is InChI=1S/C4H9B2O2P/c1-2-3-4-9(5-7)6-8/h2-4H2,1H3. The molecule has 0 unspecified atom stereocenters. The van der Waals surface area contributed by atoms with Crippen LogP contribution >= 0.6 is 7.68 Å². The van der Waals surface area contributed by atoms with Crippen LogP contribution < -0.4 is 0 Å². The fourth-order valence-corrected chi connectivity index (χ4v) is 1.41. The minimum atomic E-state index is -0.923. The monoisotopic (exact) mass is 142 g/mol. The zero-order valence-corrected chi connectivity index (χ0v) is 6.43. The molecule has 0 fully saturated rings. The summed E-state index contributed by atoms with van der Waals surface area (Å²) < 4.78 is 20.1. The normalized spacial score (nSPS) is 8.67. The molecule has 9 heavy (non-hydrogen) atoms. The number of rotatable bonds is 5. The summed E-state index contributed by atoms with van der Waals surface area (Å²) in [6.07, 6.45) is 2.82. The Morgan fingerprint density at radius 2 is 1.89 bits per heavy atom. The molecule has 0 bridgehead atoms. The molecule has 0 aromatic heterocycles. The summed E-state index contributed by atoms with van der Waals surface area (Å²) >= 11 is 0. The Morgan fingerprint density at radius 3 is 2.22 bits per heavy atom. The predicted octanol–water partition coefficient (Wildman–Crippen LogP) is 1.20. The topological polar surface area (TPSA) is 34.1 Å². The van der Waals surface area contributed by atoms with E-state index < -0.39 is 7.68 Å². The van der Waals surface area contributed by atoms with Gasteiger partial charge in [0.1, 0.15) is 0 Å². The molecule has 2 nitrogen and oxygen atoms in total. The maximum absolute atomic E-state index is 10.0. The Labute approximate surface area is 57.6 Å². The van der Waals surface area contributed by atoms with E-state index in [9.17, 15) is 9.41 Å². The third-order valence-corrected chi connectivity index (χ3v) is 2.41. The van der Waals surface area contributed by atoms with Gasteiger partial charge in [-0.05, 0) is 0 Å². The van der Waals surface area contributed by atoms with E-state index in [0.29, 0.717) is 0 Å². The molecule has 48 valence electrons. The first-order valence-electron chi connectivity index (χ1n) is 3.01. The van der Waals surface area contributed by atoms with Crippen LogP contribution in [-0.4, -0.2) is 19.9 Å². The molecule has 0 saturated carbocycles. The quantitative estimate of drug-likeness (QED) is 0.426. The van der Waals surface area contributed by atoms with Crippen LogP contribution in [-0.2, 0) is 9.41 Å². The molecule has 0 spiro atoms. The molecule has 0 aliphatic carbocycles. The Morgan fingerprint density at radius 1 is 1.33 bits per heavy atom. The summed E-state index contributed by atoms with van der Waals surface area (Å²) in [6.45, 7) is 3.60. The van der Waals surface area contributed by atoms with E-state index in [1.54, 1.807) is 0 Å². The third kappa shape index (κ3) is 4.65. The number of hydrogen-bond donors (Lipinski definition) is 0. The van der Waals surface area contributed by atoms with Crippen molar-refractivity contribution in [1.82, 2.24) is 0 Å². The average Bonchev–Trinajstić information content (AvgIpc) is 1.91. The summed E-state index contributed by atoms with van der Waals surface area (Å²) in [5, 5.41) is 0. The molecule has 0 N–H and O–H groups in total.